The topological polar surface area (TPSA) is 53.7 Å². The number of H-pyrrole nitrogens is 1. The fraction of sp³-hybridized carbons (Fsp3) is 0.125. The van der Waals surface area contributed by atoms with Crippen LogP contribution in [0.4, 0.5) is 0 Å². The second-order valence-corrected chi connectivity index (χ2v) is 5.03. The second-order valence-electron chi connectivity index (χ2n) is 4.64. The lowest BCUT2D eigenvalue weighted by Crippen LogP contribution is -2.00. The summed E-state index contributed by atoms with van der Waals surface area (Å²) in [7, 11) is 1.67. The molecule has 0 atom stereocenters. The van der Waals surface area contributed by atoms with E-state index in [-0.39, 0.29) is 0 Å². The maximum absolute atomic E-state index is 9.21. The van der Waals surface area contributed by atoms with Gasteiger partial charge in [-0.15, -0.1) is 0 Å². The number of imidazole rings is 1. The van der Waals surface area contributed by atoms with Gasteiger partial charge in [-0.2, -0.15) is 5.26 Å². The molecule has 104 valence electrons. The van der Waals surface area contributed by atoms with E-state index in [0.717, 1.165) is 22.3 Å². The number of aromatic amines is 1. The average molecular weight is 295 g/mol. The minimum atomic E-state index is 0.503. The number of nitriles is 1. The first kappa shape index (κ1) is 13.6. The van der Waals surface area contributed by atoms with Crippen molar-refractivity contribution in [2.45, 2.75) is 6.61 Å². The van der Waals surface area contributed by atoms with Gasteiger partial charge < -0.3 is 9.72 Å². The van der Waals surface area contributed by atoms with Gasteiger partial charge in [0.05, 0.1) is 28.9 Å². The molecule has 0 bridgehead atoms. The van der Waals surface area contributed by atoms with E-state index in [1.807, 2.05) is 41.0 Å². The van der Waals surface area contributed by atoms with Gasteiger partial charge in [-0.1, -0.05) is 24.3 Å². The normalized spacial score (nSPS) is 10.7. The molecule has 0 spiro atoms. The minimum absolute atomic E-state index is 0.503. The monoisotopic (exact) mass is 295 g/mol. The van der Waals surface area contributed by atoms with Gasteiger partial charge in [-0.25, -0.2) is 0 Å². The summed E-state index contributed by atoms with van der Waals surface area (Å²) >= 11 is 5.44. The number of aromatic nitrogens is 2. The standard InChI is InChI=1S/C16H13N3OS/c1-20-10-12-5-2-3-7-13(12)19-14-8-4-6-11(9-17)15(14)18-16(19)21/h2-8H,10H2,1H3,(H,18,21). The van der Waals surface area contributed by atoms with E-state index in [0.29, 0.717) is 16.9 Å². The van der Waals surface area contributed by atoms with Gasteiger partial charge in [0.1, 0.15) is 6.07 Å². The third kappa shape index (κ3) is 2.25. The molecule has 0 aliphatic heterocycles. The highest BCUT2D eigenvalue weighted by Crippen LogP contribution is 2.24. The number of methoxy groups -OCH3 is 1. The van der Waals surface area contributed by atoms with Gasteiger partial charge >= 0.3 is 0 Å². The molecule has 0 radical (unpaired) electrons. The molecule has 1 N–H and O–H groups in total. The van der Waals surface area contributed by atoms with Crippen LogP contribution in [0.3, 0.4) is 0 Å². The quantitative estimate of drug-likeness (QED) is 0.749. The van der Waals surface area contributed by atoms with Gasteiger partial charge in [0.2, 0.25) is 0 Å². The Balaban J connectivity index is 2.34. The van der Waals surface area contributed by atoms with Gasteiger partial charge in [0, 0.05) is 12.7 Å². The number of rotatable bonds is 3. The van der Waals surface area contributed by atoms with Crippen molar-refractivity contribution in [3.05, 3.63) is 58.4 Å². The molecule has 0 aliphatic carbocycles. The van der Waals surface area contributed by atoms with Crippen LogP contribution in [0.2, 0.25) is 0 Å². The molecule has 3 rings (SSSR count). The Labute approximate surface area is 127 Å². The van der Waals surface area contributed by atoms with Crippen LogP contribution in [-0.4, -0.2) is 16.7 Å². The van der Waals surface area contributed by atoms with Crippen LogP contribution >= 0.6 is 12.2 Å². The van der Waals surface area contributed by atoms with Crippen molar-refractivity contribution in [1.82, 2.24) is 9.55 Å². The van der Waals surface area contributed by atoms with Crippen molar-refractivity contribution in [2.24, 2.45) is 0 Å². The van der Waals surface area contributed by atoms with Crippen LogP contribution in [0.1, 0.15) is 11.1 Å². The molecule has 1 aromatic heterocycles. The molecular formula is C16H13N3OS. The zero-order valence-electron chi connectivity index (χ0n) is 11.5. The lowest BCUT2D eigenvalue weighted by molar-refractivity contribution is 0.185. The highest BCUT2D eigenvalue weighted by Gasteiger charge is 2.12. The van der Waals surface area contributed by atoms with Gasteiger partial charge in [0.15, 0.2) is 4.77 Å². The maximum atomic E-state index is 9.21. The van der Waals surface area contributed by atoms with Crippen molar-refractivity contribution in [3.8, 4) is 11.8 Å². The summed E-state index contributed by atoms with van der Waals surface area (Å²) in [6, 6.07) is 15.7. The van der Waals surface area contributed by atoms with Crippen LogP contribution in [-0.2, 0) is 11.3 Å². The molecule has 2 aromatic carbocycles. The minimum Gasteiger partial charge on any atom is -0.380 e. The molecule has 21 heavy (non-hydrogen) atoms. The summed E-state index contributed by atoms with van der Waals surface area (Å²) in [6.07, 6.45) is 0. The number of fused-ring (bicyclic) bond motifs is 1. The van der Waals surface area contributed by atoms with Gasteiger partial charge in [0.25, 0.3) is 0 Å². The Bertz CT molecular complexity index is 902. The Hall–Kier alpha value is -2.42. The first-order chi connectivity index (χ1) is 10.3. The van der Waals surface area contributed by atoms with Gasteiger partial charge in [-0.05, 0) is 30.4 Å². The fourth-order valence-electron chi connectivity index (χ4n) is 2.47. The van der Waals surface area contributed by atoms with E-state index >= 15 is 0 Å². The van der Waals surface area contributed by atoms with E-state index in [1.54, 1.807) is 13.2 Å². The smallest absolute Gasteiger partial charge is 0.182 e. The summed E-state index contributed by atoms with van der Waals surface area (Å²) in [5.41, 5.74) is 4.24. The first-order valence-corrected chi connectivity index (χ1v) is 6.88. The number of nitrogens with zero attached hydrogens (tertiary/aromatic N) is 2. The number of benzene rings is 2. The molecule has 0 amide bonds. The summed E-state index contributed by atoms with van der Waals surface area (Å²) in [5.74, 6) is 0. The summed E-state index contributed by atoms with van der Waals surface area (Å²) in [6.45, 7) is 0.503. The molecular weight excluding hydrogens is 282 g/mol. The third-order valence-corrected chi connectivity index (χ3v) is 3.66. The SMILES string of the molecule is COCc1ccccc1-n1c(=S)[nH]c2c(C#N)cccc21. The molecule has 4 nitrogen and oxygen atoms in total. The second kappa shape index (κ2) is 5.52. The Morgan fingerprint density at radius 3 is 2.81 bits per heavy atom. The largest absolute Gasteiger partial charge is 0.380 e. The number of hydrogen-bond acceptors (Lipinski definition) is 3. The van der Waals surface area contributed by atoms with Crippen LogP contribution in [0.15, 0.2) is 42.5 Å². The number of ether oxygens (including phenoxy) is 1. The lowest BCUT2D eigenvalue weighted by Gasteiger charge is -2.10. The summed E-state index contributed by atoms with van der Waals surface area (Å²) < 4.78 is 7.76. The fourth-order valence-corrected chi connectivity index (χ4v) is 2.77. The average Bonchev–Trinajstić information content (AvgIpc) is 2.84. The number of para-hydroxylation sites is 2. The molecule has 1 heterocycles. The van der Waals surface area contributed by atoms with E-state index in [4.69, 9.17) is 17.0 Å². The van der Waals surface area contributed by atoms with Crippen molar-refractivity contribution in [1.29, 1.82) is 5.26 Å². The molecule has 0 fully saturated rings. The molecule has 0 aliphatic rings. The lowest BCUT2D eigenvalue weighted by atomic mass is 10.1. The summed E-state index contributed by atoms with van der Waals surface area (Å²) in [5, 5.41) is 9.21. The van der Waals surface area contributed by atoms with Gasteiger partial charge in [-0.3, -0.25) is 4.57 Å². The van der Waals surface area contributed by atoms with E-state index in [1.165, 1.54) is 0 Å². The molecule has 0 unspecified atom stereocenters. The first-order valence-electron chi connectivity index (χ1n) is 6.47. The highest BCUT2D eigenvalue weighted by molar-refractivity contribution is 7.71. The van der Waals surface area contributed by atoms with Crippen molar-refractivity contribution >= 4 is 23.3 Å². The van der Waals surface area contributed by atoms with Crippen molar-refractivity contribution in [3.63, 3.8) is 0 Å². The van der Waals surface area contributed by atoms with Crippen LogP contribution in [0, 0.1) is 16.1 Å². The van der Waals surface area contributed by atoms with E-state index in [9.17, 15) is 5.26 Å². The van der Waals surface area contributed by atoms with Crippen molar-refractivity contribution < 1.29 is 4.74 Å². The zero-order chi connectivity index (χ0) is 14.8. The Morgan fingerprint density at radius 2 is 2.05 bits per heavy atom. The number of hydrogen-bond donors (Lipinski definition) is 1. The predicted molar refractivity (Wildman–Crippen MR) is 83.9 cm³/mol. The maximum Gasteiger partial charge on any atom is 0.182 e. The summed E-state index contributed by atoms with van der Waals surface area (Å²) in [4.78, 5) is 3.13. The van der Waals surface area contributed by atoms with E-state index < -0.39 is 0 Å². The van der Waals surface area contributed by atoms with Crippen molar-refractivity contribution in [2.75, 3.05) is 7.11 Å². The Kier molecular flexibility index (Phi) is 3.57. The van der Waals surface area contributed by atoms with Crippen LogP contribution < -0.4 is 0 Å². The van der Waals surface area contributed by atoms with Crippen LogP contribution in [0.25, 0.3) is 16.7 Å². The van der Waals surface area contributed by atoms with E-state index in [2.05, 4.69) is 11.1 Å². The third-order valence-electron chi connectivity index (χ3n) is 3.37. The Morgan fingerprint density at radius 1 is 1.24 bits per heavy atom. The predicted octanol–water partition coefficient (Wildman–Crippen LogP) is 3.71. The van der Waals surface area contributed by atoms with Crippen LogP contribution in [0.5, 0.6) is 0 Å². The zero-order valence-corrected chi connectivity index (χ0v) is 12.3. The molecule has 0 saturated heterocycles. The highest BCUT2D eigenvalue weighted by atomic mass is 32.1. The molecule has 3 aromatic rings. The number of nitrogens with one attached hydrogen (secondary N) is 1. The molecule has 0 saturated carbocycles. The molecule has 5 heteroatoms.